The van der Waals surface area contributed by atoms with Crippen molar-refractivity contribution in [3.8, 4) is 11.5 Å². The molecule has 0 fully saturated rings. The van der Waals surface area contributed by atoms with Gasteiger partial charge in [0.1, 0.15) is 6.10 Å². The fourth-order valence-electron chi connectivity index (χ4n) is 2.38. The van der Waals surface area contributed by atoms with Crippen molar-refractivity contribution in [2.24, 2.45) is 0 Å². The number of hydrogen-bond acceptors (Lipinski definition) is 3. The lowest BCUT2D eigenvalue weighted by Crippen LogP contribution is -2.23. The van der Waals surface area contributed by atoms with E-state index in [-0.39, 0.29) is 6.10 Å². The van der Waals surface area contributed by atoms with Gasteiger partial charge < -0.3 is 14.8 Å². The molecule has 2 rings (SSSR count). The molecule has 1 aromatic rings. The largest absolute Gasteiger partial charge is 0.493 e. The third-order valence-corrected chi connectivity index (χ3v) is 3.71. The van der Waals surface area contributed by atoms with Crippen LogP contribution in [0.15, 0.2) is 24.3 Å². The minimum Gasteiger partial charge on any atom is -0.493 e. The van der Waals surface area contributed by atoms with Gasteiger partial charge in [0.15, 0.2) is 11.5 Å². The highest BCUT2D eigenvalue weighted by Gasteiger charge is 2.18. The smallest absolute Gasteiger partial charge is 0.166 e. The lowest BCUT2D eigenvalue weighted by molar-refractivity contribution is 0.216. The monoisotopic (exact) mass is 309 g/mol. The standard InChI is InChI=1S/C17H24ClNO2/c1-12(2)19-11-13-9-14(18)10-16(20-3)17(13)21-15-7-5-4-6-8-15/h5,7,9-10,12,15,19H,4,6,8,11H2,1-3H3. The molecule has 0 aliphatic heterocycles. The van der Waals surface area contributed by atoms with E-state index in [2.05, 4.69) is 31.3 Å². The van der Waals surface area contributed by atoms with Gasteiger partial charge in [-0.2, -0.15) is 0 Å². The van der Waals surface area contributed by atoms with E-state index in [0.29, 0.717) is 23.4 Å². The average molecular weight is 310 g/mol. The summed E-state index contributed by atoms with van der Waals surface area (Å²) in [5, 5.41) is 4.07. The summed E-state index contributed by atoms with van der Waals surface area (Å²) < 4.78 is 11.6. The molecular formula is C17H24ClNO2. The number of ether oxygens (including phenoxy) is 2. The van der Waals surface area contributed by atoms with Gasteiger partial charge >= 0.3 is 0 Å². The minimum atomic E-state index is 0.117. The second kappa shape index (κ2) is 7.71. The number of methoxy groups -OCH3 is 1. The topological polar surface area (TPSA) is 30.5 Å². The molecule has 1 aromatic carbocycles. The first kappa shape index (κ1) is 16.2. The SMILES string of the molecule is COc1cc(Cl)cc(CNC(C)C)c1OC1C=CCCC1. The van der Waals surface area contributed by atoms with Crippen LogP contribution in [0, 0.1) is 0 Å². The number of benzene rings is 1. The fourth-order valence-corrected chi connectivity index (χ4v) is 2.61. The maximum absolute atomic E-state index is 6.19. The van der Waals surface area contributed by atoms with Crippen molar-refractivity contribution in [1.29, 1.82) is 0 Å². The highest BCUT2D eigenvalue weighted by molar-refractivity contribution is 6.30. The van der Waals surface area contributed by atoms with E-state index in [1.165, 1.54) is 0 Å². The van der Waals surface area contributed by atoms with Crippen LogP contribution in [0.25, 0.3) is 0 Å². The van der Waals surface area contributed by atoms with Crippen molar-refractivity contribution in [1.82, 2.24) is 5.32 Å². The van der Waals surface area contributed by atoms with E-state index in [1.54, 1.807) is 7.11 Å². The zero-order chi connectivity index (χ0) is 15.2. The lowest BCUT2D eigenvalue weighted by atomic mass is 10.0. The summed E-state index contributed by atoms with van der Waals surface area (Å²) in [6.07, 6.45) is 7.78. The number of nitrogens with one attached hydrogen (secondary N) is 1. The molecule has 1 atom stereocenters. The van der Waals surface area contributed by atoms with Crippen molar-refractivity contribution >= 4 is 11.6 Å². The Morgan fingerprint density at radius 2 is 2.19 bits per heavy atom. The zero-order valence-electron chi connectivity index (χ0n) is 13.0. The van der Waals surface area contributed by atoms with Gasteiger partial charge in [-0.1, -0.05) is 31.5 Å². The average Bonchev–Trinajstić information content (AvgIpc) is 2.48. The number of allylic oxidation sites excluding steroid dienone is 1. The van der Waals surface area contributed by atoms with E-state index in [9.17, 15) is 0 Å². The fraction of sp³-hybridized carbons (Fsp3) is 0.529. The Kier molecular flexibility index (Phi) is 5.95. The molecule has 0 heterocycles. The van der Waals surface area contributed by atoms with Crippen LogP contribution in [0.2, 0.25) is 5.02 Å². The van der Waals surface area contributed by atoms with Gasteiger partial charge in [0, 0.05) is 29.2 Å². The number of rotatable bonds is 6. The first-order chi connectivity index (χ1) is 10.1. The molecule has 1 unspecified atom stereocenters. The van der Waals surface area contributed by atoms with Crippen LogP contribution >= 0.6 is 11.6 Å². The molecule has 0 saturated carbocycles. The molecular weight excluding hydrogens is 286 g/mol. The normalized spacial score (nSPS) is 18.0. The van der Waals surface area contributed by atoms with Crippen LogP contribution in [-0.2, 0) is 6.54 Å². The molecule has 0 aromatic heterocycles. The van der Waals surface area contributed by atoms with Crippen LogP contribution in [0.4, 0.5) is 0 Å². The van der Waals surface area contributed by atoms with Gasteiger partial charge in [0.25, 0.3) is 0 Å². The molecule has 21 heavy (non-hydrogen) atoms. The zero-order valence-corrected chi connectivity index (χ0v) is 13.7. The second-order valence-electron chi connectivity index (χ2n) is 5.65. The van der Waals surface area contributed by atoms with Gasteiger partial charge in [0.2, 0.25) is 0 Å². The predicted octanol–water partition coefficient (Wildman–Crippen LogP) is 4.33. The Morgan fingerprint density at radius 3 is 2.81 bits per heavy atom. The Hall–Kier alpha value is -1.19. The first-order valence-corrected chi connectivity index (χ1v) is 7.91. The van der Waals surface area contributed by atoms with Gasteiger partial charge in [-0.25, -0.2) is 0 Å². The highest BCUT2D eigenvalue weighted by atomic mass is 35.5. The Labute approximate surface area is 132 Å². The van der Waals surface area contributed by atoms with Crippen LogP contribution in [-0.4, -0.2) is 19.3 Å². The van der Waals surface area contributed by atoms with Crippen LogP contribution in [0.3, 0.4) is 0 Å². The predicted molar refractivity (Wildman–Crippen MR) is 87.4 cm³/mol. The molecule has 1 aliphatic rings. The van der Waals surface area contributed by atoms with E-state index in [1.807, 2.05) is 12.1 Å². The highest BCUT2D eigenvalue weighted by Crippen LogP contribution is 2.36. The number of halogens is 1. The van der Waals surface area contributed by atoms with Crippen molar-refractivity contribution < 1.29 is 9.47 Å². The molecule has 116 valence electrons. The maximum Gasteiger partial charge on any atom is 0.166 e. The molecule has 0 spiro atoms. The molecule has 1 N–H and O–H groups in total. The molecule has 0 amide bonds. The maximum atomic E-state index is 6.19. The van der Waals surface area contributed by atoms with Crippen LogP contribution in [0.1, 0.15) is 38.7 Å². The molecule has 0 bridgehead atoms. The summed E-state index contributed by atoms with van der Waals surface area (Å²) in [6, 6.07) is 4.15. The van der Waals surface area contributed by atoms with Gasteiger partial charge in [-0.05, 0) is 31.4 Å². The third-order valence-electron chi connectivity index (χ3n) is 3.50. The Morgan fingerprint density at radius 1 is 1.38 bits per heavy atom. The first-order valence-electron chi connectivity index (χ1n) is 7.53. The summed E-state index contributed by atoms with van der Waals surface area (Å²) in [5.41, 5.74) is 1.03. The summed E-state index contributed by atoms with van der Waals surface area (Å²) in [4.78, 5) is 0. The van der Waals surface area contributed by atoms with Gasteiger partial charge in [0.05, 0.1) is 7.11 Å². The molecule has 0 radical (unpaired) electrons. The second-order valence-corrected chi connectivity index (χ2v) is 6.08. The van der Waals surface area contributed by atoms with Crippen molar-refractivity contribution in [3.05, 3.63) is 34.9 Å². The van der Waals surface area contributed by atoms with Crippen molar-refractivity contribution in [2.75, 3.05) is 7.11 Å². The molecule has 4 heteroatoms. The lowest BCUT2D eigenvalue weighted by Gasteiger charge is -2.23. The third kappa shape index (κ3) is 4.65. The molecule has 0 saturated heterocycles. The van der Waals surface area contributed by atoms with Gasteiger partial charge in [-0.15, -0.1) is 0 Å². The van der Waals surface area contributed by atoms with Crippen LogP contribution in [0.5, 0.6) is 11.5 Å². The quantitative estimate of drug-likeness (QED) is 0.793. The van der Waals surface area contributed by atoms with Gasteiger partial charge in [-0.3, -0.25) is 0 Å². The van der Waals surface area contributed by atoms with E-state index >= 15 is 0 Å². The van der Waals surface area contributed by atoms with E-state index in [4.69, 9.17) is 21.1 Å². The van der Waals surface area contributed by atoms with E-state index < -0.39 is 0 Å². The summed E-state index contributed by atoms with van der Waals surface area (Å²) in [7, 11) is 1.65. The minimum absolute atomic E-state index is 0.117. The molecule has 1 aliphatic carbocycles. The van der Waals surface area contributed by atoms with Crippen LogP contribution < -0.4 is 14.8 Å². The Balaban J connectivity index is 2.25. The van der Waals surface area contributed by atoms with Crippen molar-refractivity contribution in [3.63, 3.8) is 0 Å². The number of hydrogen-bond donors (Lipinski definition) is 1. The van der Waals surface area contributed by atoms with E-state index in [0.717, 1.165) is 30.6 Å². The molecule has 3 nitrogen and oxygen atoms in total. The summed E-state index contributed by atoms with van der Waals surface area (Å²) in [5.74, 6) is 1.49. The summed E-state index contributed by atoms with van der Waals surface area (Å²) in [6.45, 7) is 4.94. The Bertz CT molecular complexity index is 500. The van der Waals surface area contributed by atoms with Crippen molar-refractivity contribution in [2.45, 2.75) is 51.8 Å². The summed E-state index contributed by atoms with van der Waals surface area (Å²) >= 11 is 6.18.